The summed E-state index contributed by atoms with van der Waals surface area (Å²) in [7, 11) is -1.66. The highest BCUT2D eigenvalue weighted by Gasteiger charge is 2.09. The van der Waals surface area contributed by atoms with Gasteiger partial charge in [0.2, 0.25) is 0 Å². The van der Waals surface area contributed by atoms with Crippen LogP contribution in [-0.4, -0.2) is 26.8 Å². The molecule has 120 valence electrons. The molecule has 0 unspecified atom stereocenters. The summed E-state index contributed by atoms with van der Waals surface area (Å²) >= 11 is 0. The van der Waals surface area contributed by atoms with E-state index in [1.807, 2.05) is 24.3 Å². The number of fused-ring (bicyclic) bond motifs is 1. The molecule has 0 fully saturated rings. The van der Waals surface area contributed by atoms with Crippen LogP contribution in [0.5, 0.6) is 5.75 Å². The predicted octanol–water partition coefficient (Wildman–Crippen LogP) is 2.85. The van der Waals surface area contributed by atoms with Gasteiger partial charge in [0.25, 0.3) is 0 Å². The molecular weight excluding hydrogens is 316 g/mol. The van der Waals surface area contributed by atoms with E-state index < -0.39 is 9.84 Å². The highest BCUT2D eigenvalue weighted by Crippen LogP contribution is 2.24. The van der Waals surface area contributed by atoms with Gasteiger partial charge in [-0.15, -0.1) is 0 Å². The average molecular weight is 332 g/mol. The van der Waals surface area contributed by atoms with Crippen LogP contribution in [0.1, 0.15) is 5.76 Å². The minimum atomic E-state index is -3.28. The molecule has 0 atom stereocenters. The minimum Gasteiger partial charge on any atom is -0.497 e. The Bertz CT molecular complexity index is 930. The first-order valence-corrected chi connectivity index (χ1v) is 8.81. The summed E-state index contributed by atoms with van der Waals surface area (Å²) in [6.07, 6.45) is 2.62. The molecule has 1 aromatic carbocycles. The van der Waals surface area contributed by atoms with Gasteiger partial charge in [-0.3, -0.25) is 0 Å². The summed E-state index contributed by atoms with van der Waals surface area (Å²) in [6.45, 7) is 0.469. The molecule has 0 saturated heterocycles. The monoisotopic (exact) mass is 332 g/mol. The number of methoxy groups -OCH3 is 1. The van der Waals surface area contributed by atoms with Crippen LogP contribution >= 0.6 is 0 Å². The van der Waals surface area contributed by atoms with Crippen molar-refractivity contribution >= 4 is 26.5 Å². The van der Waals surface area contributed by atoms with Gasteiger partial charge in [-0.05, 0) is 36.4 Å². The fourth-order valence-corrected chi connectivity index (χ4v) is 2.74. The van der Waals surface area contributed by atoms with Crippen molar-refractivity contribution in [1.82, 2.24) is 4.98 Å². The Morgan fingerprint density at radius 2 is 2.04 bits per heavy atom. The number of nitrogens with one attached hydrogen (secondary N) is 1. The topological polar surface area (TPSA) is 81.4 Å². The Kier molecular flexibility index (Phi) is 3.96. The second kappa shape index (κ2) is 5.92. The second-order valence-electron chi connectivity index (χ2n) is 5.13. The van der Waals surface area contributed by atoms with Gasteiger partial charge in [0.05, 0.1) is 25.5 Å². The van der Waals surface area contributed by atoms with Crippen molar-refractivity contribution in [3.05, 3.63) is 48.4 Å². The molecule has 0 amide bonds. The number of furan rings is 1. The maximum atomic E-state index is 11.4. The van der Waals surface area contributed by atoms with E-state index in [0.717, 1.165) is 34.4 Å². The third-order valence-electron chi connectivity index (χ3n) is 3.36. The van der Waals surface area contributed by atoms with Gasteiger partial charge in [0.1, 0.15) is 17.1 Å². The van der Waals surface area contributed by atoms with Crippen LogP contribution in [0.15, 0.2) is 52.0 Å². The molecule has 0 radical (unpaired) electrons. The van der Waals surface area contributed by atoms with E-state index in [2.05, 4.69) is 10.3 Å². The highest BCUT2D eigenvalue weighted by molar-refractivity contribution is 7.90. The molecule has 23 heavy (non-hydrogen) atoms. The van der Waals surface area contributed by atoms with Crippen molar-refractivity contribution in [2.75, 3.05) is 18.7 Å². The number of sulfone groups is 1. The Balaban J connectivity index is 1.73. The minimum absolute atomic E-state index is 0.0545. The number of aromatic nitrogens is 1. The fraction of sp³-hybridized carbons (Fsp3) is 0.188. The van der Waals surface area contributed by atoms with E-state index >= 15 is 0 Å². The smallest absolute Gasteiger partial charge is 0.192 e. The number of pyridine rings is 1. The van der Waals surface area contributed by atoms with Crippen molar-refractivity contribution < 1.29 is 17.6 Å². The predicted molar refractivity (Wildman–Crippen MR) is 87.4 cm³/mol. The maximum absolute atomic E-state index is 11.4. The van der Waals surface area contributed by atoms with E-state index in [-0.39, 0.29) is 5.03 Å². The van der Waals surface area contributed by atoms with Crippen LogP contribution in [0.25, 0.3) is 11.0 Å². The molecule has 0 aliphatic rings. The van der Waals surface area contributed by atoms with Crippen LogP contribution in [-0.2, 0) is 16.4 Å². The Labute approximate surface area is 134 Å². The molecule has 2 heterocycles. The number of hydrogen-bond acceptors (Lipinski definition) is 6. The zero-order chi connectivity index (χ0) is 16.4. The maximum Gasteiger partial charge on any atom is 0.192 e. The molecule has 0 spiro atoms. The van der Waals surface area contributed by atoms with Crippen molar-refractivity contribution in [2.24, 2.45) is 0 Å². The lowest BCUT2D eigenvalue weighted by atomic mass is 10.2. The first-order valence-electron chi connectivity index (χ1n) is 6.92. The van der Waals surface area contributed by atoms with E-state index in [4.69, 9.17) is 9.15 Å². The lowest BCUT2D eigenvalue weighted by Crippen LogP contribution is -2.02. The molecule has 3 rings (SSSR count). The van der Waals surface area contributed by atoms with Gasteiger partial charge < -0.3 is 14.5 Å². The molecule has 1 N–H and O–H groups in total. The van der Waals surface area contributed by atoms with Crippen LogP contribution in [0.4, 0.5) is 5.69 Å². The molecule has 2 aromatic heterocycles. The highest BCUT2D eigenvalue weighted by atomic mass is 32.2. The third kappa shape index (κ3) is 3.45. The standard InChI is InChI=1S/C16H16N2O4S/c1-21-13-4-5-15-11(7-13)8-14(22-15)10-17-12-3-6-16(18-9-12)23(2,19)20/h3-9,17H,10H2,1-2H3. The van der Waals surface area contributed by atoms with Crippen LogP contribution in [0, 0.1) is 0 Å². The average Bonchev–Trinajstić information content (AvgIpc) is 2.94. The van der Waals surface area contributed by atoms with Gasteiger partial charge >= 0.3 is 0 Å². The van der Waals surface area contributed by atoms with E-state index in [9.17, 15) is 8.42 Å². The van der Waals surface area contributed by atoms with Crippen molar-refractivity contribution in [3.8, 4) is 5.75 Å². The van der Waals surface area contributed by atoms with Crippen molar-refractivity contribution in [2.45, 2.75) is 11.6 Å². The summed E-state index contributed by atoms with van der Waals surface area (Å²) in [5, 5.41) is 4.17. The first kappa shape index (κ1) is 15.4. The number of rotatable bonds is 5. The quantitative estimate of drug-likeness (QED) is 0.774. The van der Waals surface area contributed by atoms with Gasteiger partial charge in [-0.2, -0.15) is 0 Å². The fourth-order valence-electron chi connectivity index (χ4n) is 2.18. The summed E-state index contributed by atoms with van der Waals surface area (Å²) in [4.78, 5) is 3.93. The normalized spacial score (nSPS) is 11.6. The molecule has 0 bridgehead atoms. The first-order chi connectivity index (χ1) is 11.0. The number of hydrogen-bond donors (Lipinski definition) is 1. The molecular formula is C16H16N2O4S. The van der Waals surface area contributed by atoms with Gasteiger partial charge in [-0.1, -0.05) is 0 Å². The Hall–Kier alpha value is -2.54. The SMILES string of the molecule is COc1ccc2oc(CNc3ccc(S(C)(=O)=O)nc3)cc2c1. The van der Waals surface area contributed by atoms with Gasteiger partial charge in [0, 0.05) is 11.6 Å². The molecule has 0 aliphatic carbocycles. The van der Waals surface area contributed by atoms with Crippen LogP contribution in [0.2, 0.25) is 0 Å². The second-order valence-corrected chi connectivity index (χ2v) is 7.09. The van der Waals surface area contributed by atoms with Crippen LogP contribution in [0.3, 0.4) is 0 Å². The molecule has 3 aromatic rings. The van der Waals surface area contributed by atoms with Gasteiger partial charge in [-0.25, -0.2) is 13.4 Å². The summed E-state index contributed by atoms with van der Waals surface area (Å²) in [5.41, 5.74) is 1.50. The van der Waals surface area contributed by atoms with Crippen LogP contribution < -0.4 is 10.1 Å². The zero-order valence-electron chi connectivity index (χ0n) is 12.7. The lowest BCUT2D eigenvalue weighted by molar-refractivity contribution is 0.415. The molecule has 0 aliphatic heterocycles. The Morgan fingerprint density at radius 1 is 1.22 bits per heavy atom. The summed E-state index contributed by atoms with van der Waals surface area (Å²) in [6, 6.07) is 10.7. The number of nitrogens with zero attached hydrogens (tertiary/aromatic N) is 1. The third-order valence-corrected chi connectivity index (χ3v) is 4.36. The van der Waals surface area contributed by atoms with Crippen molar-refractivity contribution in [1.29, 1.82) is 0 Å². The van der Waals surface area contributed by atoms with E-state index in [0.29, 0.717) is 6.54 Å². The Morgan fingerprint density at radius 3 is 2.70 bits per heavy atom. The molecule has 7 heteroatoms. The number of benzene rings is 1. The van der Waals surface area contributed by atoms with Gasteiger partial charge in [0.15, 0.2) is 14.9 Å². The zero-order valence-corrected chi connectivity index (χ0v) is 13.6. The molecule has 6 nitrogen and oxygen atoms in total. The van der Waals surface area contributed by atoms with E-state index in [1.165, 1.54) is 12.3 Å². The van der Waals surface area contributed by atoms with E-state index in [1.54, 1.807) is 13.2 Å². The number of anilines is 1. The largest absolute Gasteiger partial charge is 0.497 e. The summed E-state index contributed by atoms with van der Waals surface area (Å²) in [5.74, 6) is 1.54. The molecule has 0 saturated carbocycles. The summed E-state index contributed by atoms with van der Waals surface area (Å²) < 4.78 is 33.7. The lowest BCUT2D eigenvalue weighted by Gasteiger charge is -2.04. The van der Waals surface area contributed by atoms with Crippen molar-refractivity contribution in [3.63, 3.8) is 0 Å². The number of ether oxygens (including phenoxy) is 1.